The molecule has 0 spiro atoms. The highest BCUT2D eigenvalue weighted by molar-refractivity contribution is 7.91. The molecule has 0 amide bonds. The molecule has 0 saturated heterocycles. The Hall–Kier alpha value is -0.0900. The molecule has 4 heteroatoms. The van der Waals surface area contributed by atoms with Crippen molar-refractivity contribution in [2.24, 2.45) is 11.7 Å². The Balaban J connectivity index is 4.01. The Kier molecular flexibility index (Phi) is 8.88. The van der Waals surface area contributed by atoms with Crippen molar-refractivity contribution in [2.75, 3.05) is 11.5 Å². The molecule has 0 aromatic heterocycles. The molecule has 104 valence electrons. The van der Waals surface area contributed by atoms with E-state index in [2.05, 4.69) is 13.8 Å². The van der Waals surface area contributed by atoms with Gasteiger partial charge in [0.05, 0.1) is 5.75 Å². The first-order chi connectivity index (χ1) is 7.96. The van der Waals surface area contributed by atoms with E-state index in [4.69, 9.17) is 5.73 Å². The van der Waals surface area contributed by atoms with Gasteiger partial charge in [-0.05, 0) is 31.6 Å². The fourth-order valence-electron chi connectivity index (χ4n) is 2.23. The summed E-state index contributed by atoms with van der Waals surface area (Å²) in [6, 6.07) is 0.168. The minimum Gasteiger partial charge on any atom is -0.327 e. The van der Waals surface area contributed by atoms with Crippen LogP contribution in [0, 0.1) is 5.92 Å². The lowest BCUT2D eigenvalue weighted by molar-refractivity contribution is 0.345. The van der Waals surface area contributed by atoms with Gasteiger partial charge < -0.3 is 5.73 Å². The van der Waals surface area contributed by atoms with Crippen molar-refractivity contribution in [3.8, 4) is 0 Å². The highest BCUT2D eigenvalue weighted by Gasteiger charge is 2.17. The van der Waals surface area contributed by atoms with Gasteiger partial charge in [0.15, 0.2) is 0 Å². The molecule has 0 aliphatic rings. The number of nitrogens with two attached hydrogens (primary N) is 1. The lowest BCUT2D eigenvalue weighted by Crippen LogP contribution is -2.30. The Morgan fingerprint density at radius 1 is 1.00 bits per heavy atom. The summed E-state index contributed by atoms with van der Waals surface area (Å²) in [6.07, 6.45) is 6.19. The Morgan fingerprint density at radius 3 is 1.94 bits per heavy atom. The first-order valence-corrected chi connectivity index (χ1v) is 8.74. The molecular weight excluding hydrogens is 234 g/mol. The van der Waals surface area contributed by atoms with Crippen LogP contribution in [0.5, 0.6) is 0 Å². The standard InChI is InChI=1S/C13H29NO2S/c1-4-8-12(9-5-2)13(14)10-7-11-17(15,16)6-3/h12-13H,4-11,14H2,1-3H3. The molecule has 3 nitrogen and oxygen atoms in total. The van der Waals surface area contributed by atoms with Crippen LogP contribution in [0.2, 0.25) is 0 Å². The first-order valence-electron chi connectivity index (χ1n) is 6.92. The molecule has 0 heterocycles. The molecule has 0 aliphatic carbocycles. The normalized spacial score (nSPS) is 14.2. The summed E-state index contributed by atoms with van der Waals surface area (Å²) in [6.45, 7) is 6.06. The third-order valence-corrected chi connectivity index (χ3v) is 5.15. The molecule has 0 aliphatic heterocycles. The van der Waals surface area contributed by atoms with Crippen LogP contribution in [0.25, 0.3) is 0 Å². The molecule has 0 fully saturated rings. The van der Waals surface area contributed by atoms with Crippen molar-refractivity contribution in [1.29, 1.82) is 0 Å². The monoisotopic (exact) mass is 263 g/mol. The molecule has 2 N–H and O–H groups in total. The Morgan fingerprint density at radius 2 is 1.53 bits per heavy atom. The fraction of sp³-hybridized carbons (Fsp3) is 1.00. The van der Waals surface area contributed by atoms with Crippen molar-refractivity contribution in [1.82, 2.24) is 0 Å². The van der Waals surface area contributed by atoms with Crippen molar-refractivity contribution >= 4 is 9.84 Å². The van der Waals surface area contributed by atoms with Crippen molar-refractivity contribution < 1.29 is 8.42 Å². The second-order valence-corrected chi connectivity index (χ2v) is 7.35. The molecule has 17 heavy (non-hydrogen) atoms. The summed E-state index contributed by atoms with van der Waals surface area (Å²) in [5.41, 5.74) is 6.17. The average molecular weight is 263 g/mol. The molecule has 0 bridgehead atoms. The van der Waals surface area contributed by atoms with Gasteiger partial charge in [0, 0.05) is 11.8 Å². The predicted octanol–water partition coefficient (Wildman–Crippen LogP) is 2.75. The molecule has 1 unspecified atom stereocenters. The van der Waals surface area contributed by atoms with Crippen molar-refractivity contribution in [2.45, 2.75) is 65.3 Å². The number of hydrogen-bond donors (Lipinski definition) is 1. The van der Waals surface area contributed by atoms with Gasteiger partial charge in [-0.25, -0.2) is 8.42 Å². The van der Waals surface area contributed by atoms with Crippen LogP contribution in [0.15, 0.2) is 0 Å². The zero-order valence-electron chi connectivity index (χ0n) is 11.6. The highest BCUT2D eigenvalue weighted by atomic mass is 32.2. The van der Waals surface area contributed by atoms with E-state index < -0.39 is 9.84 Å². The Bertz CT molecular complexity index is 269. The van der Waals surface area contributed by atoms with E-state index in [9.17, 15) is 8.42 Å². The lowest BCUT2D eigenvalue weighted by atomic mass is 9.88. The molecule has 0 radical (unpaired) electrons. The van der Waals surface area contributed by atoms with Crippen LogP contribution in [0.4, 0.5) is 0 Å². The highest BCUT2D eigenvalue weighted by Crippen LogP contribution is 2.19. The minimum atomic E-state index is -2.82. The average Bonchev–Trinajstić information content (AvgIpc) is 2.28. The van der Waals surface area contributed by atoms with E-state index in [1.54, 1.807) is 6.92 Å². The van der Waals surface area contributed by atoms with Crippen LogP contribution in [0.3, 0.4) is 0 Å². The van der Waals surface area contributed by atoms with Gasteiger partial charge in [-0.15, -0.1) is 0 Å². The van der Waals surface area contributed by atoms with Gasteiger partial charge in [0.1, 0.15) is 9.84 Å². The van der Waals surface area contributed by atoms with E-state index in [0.717, 1.165) is 32.1 Å². The van der Waals surface area contributed by atoms with Gasteiger partial charge in [0.2, 0.25) is 0 Å². The third-order valence-electron chi connectivity index (χ3n) is 3.36. The molecular formula is C13H29NO2S. The van der Waals surface area contributed by atoms with Gasteiger partial charge in [-0.2, -0.15) is 0 Å². The topological polar surface area (TPSA) is 60.2 Å². The minimum absolute atomic E-state index is 0.168. The summed E-state index contributed by atoms with van der Waals surface area (Å²) in [4.78, 5) is 0. The zero-order valence-corrected chi connectivity index (χ0v) is 12.4. The zero-order chi connectivity index (χ0) is 13.3. The molecule has 0 aromatic rings. The van der Waals surface area contributed by atoms with E-state index in [0.29, 0.717) is 18.1 Å². The van der Waals surface area contributed by atoms with Gasteiger partial charge in [-0.3, -0.25) is 0 Å². The summed E-state index contributed by atoms with van der Waals surface area (Å²) in [5.74, 6) is 1.10. The second kappa shape index (κ2) is 8.92. The predicted molar refractivity (Wildman–Crippen MR) is 74.8 cm³/mol. The fourth-order valence-corrected chi connectivity index (χ4v) is 3.13. The van der Waals surface area contributed by atoms with Crippen LogP contribution in [-0.4, -0.2) is 26.0 Å². The maximum absolute atomic E-state index is 11.4. The SMILES string of the molecule is CCCC(CCC)C(N)CCCS(=O)(=O)CC. The van der Waals surface area contributed by atoms with Gasteiger partial charge in [-0.1, -0.05) is 33.6 Å². The van der Waals surface area contributed by atoms with Crippen LogP contribution in [-0.2, 0) is 9.84 Å². The van der Waals surface area contributed by atoms with Crippen LogP contribution in [0.1, 0.15) is 59.3 Å². The van der Waals surface area contributed by atoms with Crippen molar-refractivity contribution in [3.05, 3.63) is 0 Å². The maximum Gasteiger partial charge on any atom is 0.150 e. The number of hydrogen-bond acceptors (Lipinski definition) is 3. The Labute approximate surface area is 107 Å². The second-order valence-electron chi connectivity index (χ2n) is 4.88. The van der Waals surface area contributed by atoms with Crippen molar-refractivity contribution in [3.63, 3.8) is 0 Å². The first kappa shape index (κ1) is 16.9. The summed E-state index contributed by atoms with van der Waals surface area (Å²) in [7, 11) is -2.82. The van der Waals surface area contributed by atoms with E-state index in [1.165, 1.54) is 0 Å². The smallest absolute Gasteiger partial charge is 0.150 e. The lowest BCUT2D eigenvalue weighted by Gasteiger charge is -2.23. The number of rotatable bonds is 10. The molecule has 0 saturated carbocycles. The summed E-state index contributed by atoms with van der Waals surface area (Å²) < 4.78 is 22.7. The molecule has 0 aromatic carbocycles. The molecule has 1 atom stereocenters. The summed E-state index contributed by atoms with van der Waals surface area (Å²) >= 11 is 0. The quantitative estimate of drug-likeness (QED) is 0.659. The van der Waals surface area contributed by atoms with E-state index >= 15 is 0 Å². The summed E-state index contributed by atoms with van der Waals surface area (Å²) in [5, 5.41) is 0. The van der Waals surface area contributed by atoms with E-state index in [1.807, 2.05) is 0 Å². The van der Waals surface area contributed by atoms with Crippen LogP contribution >= 0.6 is 0 Å². The maximum atomic E-state index is 11.4. The molecule has 0 rings (SSSR count). The number of sulfone groups is 1. The largest absolute Gasteiger partial charge is 0.327 e. The third kappa shape index (κ3) is 7.77. The van der Waals surface area contributed by atoms with E-state index in [-0.39, 0.29) is 11.8 Å². The van der Waals surface area contributed by atoms with Gasteiger partial charge >= 0.3 is 0 Å². The van der Waals surface area contributed by atoms with Crippen LogP contribution < -0.4 is 5.73 Å². The van der Waals surface area contributed by atoms with Gasteiger partial charge in [0.25, 0.3) is 0 Å².